The maximum absolute atomic E-state index is 13.5. The summed E-state index contributed by atoms with van der Waals surface area (Å²) in [5.41, 5.74) is 2.86. The second-order valence-corrected chi connectivity index (χ2v) is 9.36. The highest BCUT2D eigenvalue weighted by atomic mass is 32.1. The molecule has 0 saturated heterocycles. The Hall–Kier alpha value is -3.16. The van der Waals surface area contributed by atoms with Crippen molar-refractivity contribution in [3.05, 3.63) is 87.6 Å². The van der Waals surface area contributed by atoms with Gasteiger partial charge in [0.15, 0.2) is 0 Å². The van der Waals surface area contributed by atoms with Gasteiger partial charge in [0.05, 0.1) is 12.6 Å². The van der Waals surface area contributed by atoms with Gasteiger partial charge in [0.1, 0.15) is 18.9 Å². The molecular formula is C27H30N2O4S. The fourth-order valence-corrected chi connectivity index (χ4v) is 5.08. The summed E-state index contributed by atoms with van der Waals surface area (Å²) < 4.78 is 11.3. The summed E-state index contributed by atoms with van der Waals surface area (Å²) in [6.07, 6.45) is 0.810. The monoisotopic (exact) mass is 478 g/mol. The predicted molar refractivity (Wildman–Crippen MR) is 133 cm³/mol. The minimum absolute atomic E-state index is 0.00239. The van der Waals surface area contributed by atoms with Crippen LogP contribution in [0, 0.1) is 6.92 Å². The van der Waals surface area contributed by atoms with Gasteiger partial charge in [0.25, 0.3) is 5.91 Å². The molecule has 3 aromatic rings. The van der Waals surface area contributed by atoms with Crippen molar-refractivity contribution in [2.45, 2.75) is 19.4 Å². The van der Waals surface area contributed by atoms with Crippen LogP contribution in [-0.4, -0.2) is 61.6 Å². The molecule has 1 aliphatic heterocycles. The second-order valence-electron chi connectivity index (χ2n) is 8.36. The number of fused-ring (bicyclic) bond motifs is 1. The Labute approximate surface area is 204 Å². The van der Waals surface area contributed by atoms with Gasteiger partial charge in [-0.15, -0.1) is 11.3 Å². The normalized spacial score (nSPS) is 15.0. The van der Waals surface area contributed by atoms with Crippen molar-refractivity contribution >= 4 is 23.2 Å². The first-order chi connectivity index (χ1) is 16.6. The third-order valence-corrected chi connectivity index (χ3v) is 7.04. The molecule has 0 fully saturated rings. The van der Waals surface area contributed by atoms with E-state index in [1.807, 2.05) is 54.3 Å². The van der Waals surface area contributed by atoms with E-state index >= 15 is 0 Å². The summed E-state index contributed by atoms with van der Waals surface area (Å²) in [7, 11) is 1.59. The number of amides is 2. The molecule has 6 nitrogen and oxygen atoms in total. The van der Waals surface area contributed by atoms with Crippen molar-refractivity contribution in [2.24, 2.45) is 0 Å². The lowest BCUT2D eigenvalue weighted by Gasteiger charge is -2.37. The van der Waals surface area contributed by atoms with E-state index in [4.69, 9.17) is 9.47 Å². The Kier molecular flexibility index (Phi) is 7.98. The van der Waals surface area contributed by atoms with Gasteiger partial charge in [0, 0.05) is 30.6 Å². The quantitative estimate of drug-likeness (QED) is 0.459. The number of thiophene rings is 1. The molecule has 0 saturated carbocycles. The lowest BCUT2D eigenvalue weighted by Crippen LogP contribution is -2.48. The smallest absolute Gasteiger partial charge is 0.254 e. The summed E-state index contributed by atoms with van der Waals surface area (Å²) in [5, 5.41) is 2.07. The molecule has 0 radical (unpaired) electrons. The fourth-order valence-electron chi connectivity index (χ4n) is 4.16. The van der Waals surface area contributed by atoms with E-state index in [-0.39, 0.29) is 24.4 Å². The van der Waals surface area contributed by atoms with Crippen molar-refractivity contribution in [3.8, 4) is 5.75 Å². The highest BCUT2D eigenvalue weighted by molar-refractivity contribution is 7.10. The molecule has 0 N–H and O–H groups in total. The average molecular weight is 479 g/mol. The lowest BCUT2D eigenvalue weighted by atomic mass is 10.0. The minimum atomic E-state index is -0.195. The molecule has 4 rings (SSSR count). The standard InChI is InChI=1S/C27H30N2O4S/c1-20-8-10-22(11-9-20)33-19-24-23-13-17-34-25(23)12-14-29(24)26(30)18-28(15-16-32-2)27(31)21-6-4-3-5-7-21/h3-11,13,17,24H,12,14-16,18-19H2,1-2H3/t24-/m0/s1. The number of methoxy groups -OCH3 is 1. The molecule has 1 atom stereocenters. The van der Waals surface area contributed by atoms with Gasteiger partial charge in [-0.3, -0.25) is 9.59 Å². The van der Waals surface area contributed by atoms with Crippen LogP contribution in [0.1, 0.15) is 32.4 Å². The SMILES string of the molecule is COCCN(CC(=O)N1CCc2sccc2[C@@H]1COc1ccc(C)cc1)C(=O)c1ccccc1. The maximum atomic E-state index is 13.5. The maximum Gasteiger partial charge on any atom is 0.254 e. The Morgan fingerprint density at radius 1 is 1.09 bits per heavy atom. The van der Waals surface area contributed by atoms with Crippen LogP contribution in [0.2, 0.25) is 0 Å². The third-order valence-electron chi connectivity index (χ3n) is 6.04. The average Bonchev–Trinajstić information content (AvgIpc) is 3.35. The van der Waals surface area contributed by atoms with Crippen molar-refractivity contribution in [2.75, 3.05) is 40.0 Å². The van der Waals surface area contributed by atoms with Crippen LogP contribution in [0.3, 0.4) is 0 Å². The van der Waals surface area contributed by atoms with Crippen molar-refractivity contribution in [1.82, 2.24) is 9.80 Å². The number of carbonyl (C=O) groups is 2. The zero-order chi connectivity index (χ0) is 23.9. The summed E-state index contributed by atoms with van der Waals surface area (Å²) in [6.45, 7) is 3.71. The minimum Gasteiger partial charge on any atom is -0.491 e. The van der Waals surface area contributed by atoms with Crippen LogP contribution in [0.25, 0.3) is 0 Å². The first-order valence-corrected chi connectivity index (χ1v) is 12.3. The number of benzene rings is 2. The van der Waals surface area contributed by atoms with Crippen LogP contribution in [0.15, 0.2) is 66.0 Å². The molecule has 1 aromatic heterocycles. The number of hydrogen-bond donors (Lipinski definition) is 0. The van der Waals surface area contributed by atoms with E-state index in [0.717, 1.165) is 17.7 Å². The number of carbonyl (C=O) groups excluding carboxylic acids is 2. The highest BCUT2D eigenvalue weighted by Gasteiger charge is 2.33. The van der Waals surface area contributed by atoms with Gasteiger partial charge >= 0.3 is 0 Å². The number of hydrogen-bond acceptors (Lipinski definition) is 5. The van der Waals surface area contributed by atoms with E-state index in [1.54, 1.807) is 35.5 Å². The lowest BCUT2D eigenvalue weighted by molar-refractivity contribution is -0.135. The second kappa shape index (κ2) is 11.3. The largest absolute Gasteiger partial charge is 0.491 e. The number of rotatable bonds is 9. The topological polar surface area (TPSA) is 59.1 Å². The Bertz CT molecular complexity index is 1100. The van der Waals surface area contributed by atoms with Gasteiger partial charge in [-0.2, -0.15) is 0 Å². The summed E-state index contributed by atoms with van der Waals surface area (Å²) in [5.74, 6) is 0.516. The first-order valence-electron chi connectivity index (χ1n) is 11.4. The zero-order valence-electron chi connectivity index (χ0n) is 19.6. The number of nitrogens with zero attached hydrogens (tertiary/aromatic N) is 2. The third kappa shape index (κ3) is 5.66. The summed E-state index contributed by atoms with van der Waals surface area (Å²) in [4.78, 5) is 31.4. The van der Waals surface area contributed by atoms with Crippen LogP contribution < -0.4 is 4.74 Å². The Morgan fingerprint density at radius 2 is 1.85 bits per heavy atom. The predicted octanol–water partition coefficient (Wildman–Crippen LogP) is 4.35. The molecule has 0 unspecified atom stereocenters. The van der Waals surface area contributed by atoms with E-state index in [9.17, 15) is 9.59 Å². The summed E-state index contributed by atoms with van der Waals surface area (Å²) in [6, 6.07) is 18.9. The van der Waals surface area contributed by atoms with Gasteiger partial charge < -0.3 is 19.3 Å². The van der Waals surface area contributed by atoms with Crippen LogP contribution in [-0.2, 0) is 16.0 Å². The summed E-state index contributed by atoms with van der Waals surface area (Å²) >= 11 is 1.72. The molecule has 0 bridgehead atoms. The van der Waals surface area contributed by atoms with E-state index < -0.39 is 0 Å². The molecule has 178 valence electrons. The number of ether oxygens (including phenoxy) is 2. The first kappa shape index (κ1) is 24.0. The number of aryl methyl sites for hydroxylation is 1. The van der Waals surface area contributed by atoms with E-state index in [0.29, 0.717) is 31.9 Å². The molecular weight excluding hydrogens is 448 g/mol. The molecule has 0 aliphatic carbocycles. The molecule has 0 spiro atoms. The van der Waals surface area contributed by atoms with E-state index in [1.165, 1.54) is 10.4 Å². The molecule has 2 aromatic carbocycles. The van der Waals surface area contributed by atoms with Gasteiger partial charge in [-0.05, 0) is 54.6 Å². The highest BCUT2D eigenvalue weighted by Crippen LogP contribution is 2.34. The van der Waals surface area contributed by atoms with Gasteiger partial charge in [-0.25, -0.2) is 0 Å². The molecule has 1 aliphatic rings. The van der Waals surface area contributed by atoms with Crippen molar-refractivity contribution in [1.29, 1.82) is 0 Å². The van der Waals surface area contributed by atoms with Crippen LogP contribution >= 0.6 is 11.3 Å². The van der Waals surface area contributed by atoms with E-state index in [2.05, 4.69) is 11.4 Å². The molecule has 34 heavy (non-hydrogen) atoms. The molecule has 2 heterocycles. The molecule has 7 heteroatoms. The Balaban J connectivity index is 1.51. The van der Waals surface area contributed by atoms with Crippen LogP contribution in [0.5, 0.6) is 5.75 Å². The van der Waals surface area contributed by atoms with Crippen molar-refractivity contribution < 1.29 is 19.1 Å². The van der Waals surface area contributed by atoms with Crippen molar-refractivity contribution in [3.63, 3.8) is 0 Å². The van der Waals surface area contributed by atoms with Gasteiger partial charge in [-0.1, -0.05) is 35.9 Å². The molecule has 2 amide bonds. The fraction of sp³-hybridized carbons (Fsp3) is 0.333. The van der Waals surface area contributed by atoms with Crippen LogP contribution in [0.4, 0.5) is 0 Å². The zero-order valence-corrected chi connectivity index (χ0v) is 20.4. The van der Waals surface area contributed by atoms with Gasteiger partial charge in [0.2, 0.25) is 5.91 Å². The Morgan fingerprint density at radius 3 is 2.59 bits per heavy atom.